The number of hydrogen-bond donors (Lipinski definition) is 2. The topological polar surface area (TPSA) is 102 Å². The Hall–Kier alpha value is -2.61. The Kier molecular flexibility index (Phi) is 5.18. The van der Waals surface area contributed by atoms with E-state index in [2.05, 4.69) is 33.6 Å². The second kappa shape index (κ2) is 7.52. The highest BCUT2D eigenvalue weighted by Crippen LogP contribution is 2.21. The number of H-pyrrole nitrogens is 1. The van der Waals surface area contributed by atoms with Crippen molar-refractivity contribution in [3.63, 3.8) is 0 Å². The number of benzene rings is 1. The van der Waals surface area contributed by atoms with Gasteiger partial charge in [-0.25, -0.2) is 14.8 Å². The molecule has 0 amide bonds. The number of aromatic nitrogens is 4. The molecule has 130 valence electrons. The summed E-state index contributed by atoms with van der Waals surface area (Å²) in [5, 5.41) is 0.590. The summed E-state index contributed by atoms with van der Waals surface area (Å²) in [4.78, 5) is 27.7. The molecule has 0 spiro atoms. The third kappa shape index (κ3) is 3.74. The maximum Gasteiger partial charge on any atom is 0.328 e. The van der Waals surface area contributed by atoms with Gasteiger partial charge in [0.15, 0.2) is 16.6 Å². The zero-order valence-electron chi connectivity index (χ0n) is 14.0. The molecule has 3 N–H and O–H groups in total. The minimum Gasteiger partial charge on any atom is -0.382 e. The van der Waals surface area contributed by atoms with Gasteiger partial charge in [0, 0.05) is 5.75 Å². The van der Waals surface area contributed by atoms with Gasteiger partial charge < -0.3 is 10.7 Å². The van der Waals surface area contributed by atoms with E-state index in [1.54, 1.807) is 4.57 Å². The quantitative estimate of drug-likeness (QED) is 0.385. The minimum atomic E-state index is -0.245. The Morgan fingerprint density at radius 2 is 2.00 bits per heavy atom. The first-order chi connectivity index (χ1) is 12.1. The van der Waals surface area contributed by atoms with Crippen LogP contribution in [0.3, 0.4) is 0 Å². The molecule has 7 nitrogen and oxygen atoms in total. The van der Waals surface area contributed by atoms with E-state index in [9.17, 15) is 4.79 Å². The van der Waals surface area contributed by atoms with Crippen LogP contribution >= 0.6 is 11.8 Å². The lowest BCUT2D eigenvalue weighted by molar-refractivity contribution is 0.771. The largest absolute Gasteiger partial charge is 0.382 e. The number of nitrogens with zero attached hydrogens (tertiary/aromatic N) is 4. The van der Waals surface area contributed by atoms with E-state index in [1.807, 2.05) is 24.3 Å². The highest BCUT2D eigenvalue weighted by Gasteiger charge is 2.14. The van der Waals surface area contributed by atoms with Crippen molar-refractivity contribution in [1.82, 2.24) is 19.5 Å². The Labute approximate surface area is 149 Å². The van der Waals surface area contributed by atoms with Gasteiger partial charge in [-0.15, -0.1) is 0 Å². The van der Waals surface area contributed by atoms with Crippen molar-refractivity contribution in [2.24, 2.45) is 4.99 Å². The molecule has 0 saturated heterocycles. The molecule has 0 saturated carbocycles. The van der Waals surface area contributed by atoms with Crippen LogP contribution in [0.1, 0.15) is 24.5 Å². The molecule has 3 rings (SSSR count). The molecule has 0 atom stereocenters. The van der Waals surface area contributed by atoms with Crippen molar-refractivity contribution in [2.75, 3.05) is 11.5 Å². The molecule has 8 heteroatoms. The lowest BCUT2D eigenvalue weighted by atomic mass is 10.1. The van der Waals surface area contributed by atoms with Crippen molar-refractivity contribution in [3.05, 3.63) is 45.9 Å². The lowest BCUT2D eigenvalue weighted by Crippen LogP contribution is -2.17. The van der Waals surface area contributed by atoms with Crippen LogP contribution in [-0.4, -0.2) is 32.0 Å². The molecule has 0 bridgehead atoms. The summed E-state index contributed by atoms with van der Waals surface area (Å²) in [5.74, 6) is 1.20. The van der Waals surface area contributed by atoms with Crippen molar-refractivity contribution in [1.29, 1.82) is 0 Å². The average Bonchev–Trinajstić information content (AvgIpc) is 2.92. The van der Waals surface area contributed by atoms with Gasteiger partial charge >= 0.3 is 5.69 Å². The predicted molar refractivity (Wildman–Crippen MR) is 102 cm³/mol. The van der Waals surface area contributed by atoms with Gasteiger partial charge in [0.05, 0.1) is 13.1 Å². The molecule has 2 aromatic heterocycles. The van der Waals surface area contributed by atoms with Crippen molar-refractivity contribution >= 4 is 35.5 Å². The fourth-order valence-corrected chi connectivity index (χ4v) is 3.20. The van der Waals surface area contributed by atoms with E-state index in [-0.39, 0.29) is 5.69 Å². The number of hydrogen-bond acceptors (Lipinski definition) is 6. The number of nitrogens with two attached hydrogens (primary N) is 1. The summed E-state index contributed by atoms with van der Waals surface area (Å²) in [6.45, 7) is 6.58. The number of aromatic amines is 1. The maximum atomic E-state index is 12.3. The molecule has 0 fully saturated rings. The maximum absolute atomic E-state index is 12.3. The van der Waals surface area contributed by atoms with Gasteiger partial charge in [0.2, 0.25) is 0 Å². The molecule has 0 radical (unpaired) electrons. The number of nitrogen functional groups attached to an aromatic ring is 1. The molecule has 25 heavy (non-hydrogen) atoms. The van der Waals surface area contributed by atoms with E-state index >= 15 is 0 Å². The van der Waals surface area contributed by atoms with Crippen LogP contribution in [0.25, 0.3) is 11.2 Å². The van der Waals surface area contributed by atoms with Crippen molar-refractivity contribution in [2.45, 2.75) is 31.6 Å². The highest BCUT2D eigenvalue weighted by atomic mass is 32.2. The van der Waals surface area contributed by atoms with Gasteiger partial charge in [-0.05, 0) is 24.3 Å². The van der Waals surface area contributed by atoms with Gasteiger partial charge in [-0.1, -0.05) is 43.0 Å². The van der Waals surface area contributed by atoms with Crippen LogP contribution < -0.4 is 11.4 Å². The first-order valence-electron chi connectivity index (χ1n) is 8.01. The molecule has 0 aliphatic rings. The van der Waals surface area contributed by atoms with Gasteiger partial charge in [-0.2, -0.15) is 0 Å². The van der Waals surface area contributed by atoms with Crippen LogP contribution in [-0.2, 0) is 13.1 Å². The van der Waals surface area contributed by atoms with Crippen molar-refractivity contribution in [3.8, 4) is 0 Å². The minimum absolute atomic E-state index is 0.245. The summed E-state index contributed by atoms with van der Waals surface area (Å²) < 4.78 is 1.59. The van der Waals surface area contributed by atoms with E-state index in [0.29, 0.717) is 35.2 Å². The fraction of sp³-hybridized carbons (Fsp3) is 0.294. The summed E-state index contributed by atoms with van der Waals surface area (Å²) in [5.41, 5.74) is 8.84. The van der Waals surface area contributed by atoms with Crippen LogP contribution in [0.4, 0.5) is 5.82 Å². The normalized spacial score (nSPS) is 11.1. The Balaban J connectivity index is 1.97. The van der Waals surface area contributed by atoms with E-state index in [4.69, 9.17) is 5.73 Å². The van der Waals surface area contributed by atoms with Crippen LogP contribution in [0.5, 0.6) is 0 Å². The average molecular weight is 356 g/mol. The monoisotopic (exact) mass is 356 g/mol. The number of anilines is 1. The zero-order chi connectivity index (χ0) is 17.8. The van der Waals surface area contributed by atoms with Gasteiger partial charge in [0.1, 0.15) is 5.52 Å². The molecule has 3 aromatic rings. The van der Waals surface area contributed by atoms with Crippen LogP contribution in [0, 0.1) is 0 Å². The van der Waals surface area contributed by atoms with E-state index in [0.717, 1.165) is 23.3 Å². The number of imidazole rings is 1. The predicted octanol–water partition coefficient (Wildman–Crippen LogP) is 2.45. The second-order valence-electron chi connectivity index (χ2n) is 5.65. The smallest absolute Gasteiger partial charge is 0.328 e. The number of aliphatic imine (C=N–C) groups is 1. The number of rotatable bonds is 7. The molecule has 0 aliphatic heterocycles. The highest BCUT2D eigenvalue weighted by molar-refractivity contribution is 7.99. The molecule has 0 unspecified atom stereocenters. The molecule has 2 heterocycles. The van der Waals surface area contributed by atoms with Crippen molar-refractivity contribution < 1.29 is 0 Å². The summed E-state index contributed by atoms with van der Waals surface area (Å²) in [6.07, 6.45) is 1.01. The van der Waals surface area contributed by atoms with Crippen LogP contribution in [0.2, 0.25) is 0 Å². The number of nitrogens with one attached hydrogen (secondary N) is 1. The first kappa shape index (κ1) is 17.2. The Bertz CT molecular complexity index is 944. The molecule has 0 aliphatic carbocycles. The summed E-state index contributed by atoms with van der Waals surface area (Å²) in [7, 11) is 0. The summed E-state index contributed by atoms with van der Waals surface area (Å²) in [6, 6.07) is 7.91. The third-order valence-corrected chi connectivity index (χ3v) is 4.78. The zero-order valence-corrected chi connectivity index (χ0v) is 14.8. The van der Waals surface area contributed by atoms with E-state index in [1.165, 1.54) is 11.8 Å². The first-order valence-corrected chi connectivity index (χ1v) is 9.00. The SMILES string of the molecule is C=NCc1ccc(Cn2c(=O)[nH]c3c(N)nc(SCCC)nc32)cc1. The number of fused-ring (bicyclic) bond motifs is 1. The molecular formula is C17H20N6OS. The number of thioether (sulfide) groups is 1. The second-order valence-corrected chi connectivity index (χ2v) is 6.72. The standard InChI is InChI=1S/C17H20N6OS/c1-3-8-25-16-21-14(18)13-15(22-16)23(17(24)20-13)10-12-6-4-11(5-7-12)9-19-2/h4-7H,2-3,8-10H2,1H3,(H,20,24)(H2,18,21,22). The molecule has 1 aromatic carbocycles. The van der Waals surface area contributed by atoms with Gasteiger partial charge in [0.25, 0.3) is 0 Å². The van der Waals surface area contributed by atoms with E-state index < -0.39 is 0 Å². The fourth-order valence-electron chi connectivity index (χ4n) is 2.50. The Morgan fingerprint density at radius 1 is 1.28 bits per heavy atom. The van der Waals surface area contributed by atoms with Gasteiger partial charge in [-0.3, -0.25) is 9.56 Å². The van der Waals surface area contributed by atoms with Crippen LogP contribution in [0.15, 0.2) is 39.2 Å². The summed E-state index contributed by atoms with van der Waals surface area (Å²) >= 11 is 1.53. The Morgan fingerprint density at radius 3 is 2.68 bits per heavy atom. The molecular weight excluding hydrogens is 336 g/mol. The lowest BCUT2D eigenvalue weighted by Gasteiger charge is -2.06. The third-order valence-electron chi connectivity index (χ3n) is 3.72.